The van der Waals surface area contributed by atoms with Gasteiger partial charge in [0.1, 0.15) is 6.04 Å². The minimum atomic E-state index is -5.01. The molecule has 228 valence electrons. The van der Waals surface area contributed by atoms with E-state index in [9.17, 15) is 27.9 Å². The van der Waals surface area contributed by atoms with E-state index in [-0.39, 0.29) is 38.3 Å². The highest BCUT2D eigenvalue weighted by molar-refractivity contribution is 7.99. The topological polar surface area (TPSA) is 88.1 Å². The van der Waals surface area contributed by atoms with Crippen LogP contribution in [0.4, 0.5) is 13.2 Å². The van der Waals surface area contributed by atoms with E-state index in [2.05, 4.69) is 17.4 Å². The van der Waals surface area contributed by atoms with E-state index < -0.39 is 30.3 Å². The molecule has 2 fully saturated rings. The standard InChI is InChI=1S/C32H33F3N2O5S/c33-32(34,35)31(40)37-16-4-7-27(37)29(39)36-18-21-8-14-24(15-9-21)30-41-25(20-43-26-5-2-1-3-6-26)17-28(42-30)23-12-10-22(19-38)11-13-23/h1-3,5-6,8-15,25,27-28,30,38H,4,7,16-20H2,(H,36,39)/t25-,27+,28+,30+/m1/s1. The molecule has 2 N–H and O–H groups in total. The maximum Gasteiger partial charge on any atom is 0.471 e. The molecule has 7 nitrogen and oxygen atoms in total. The number of aliphatic hydroxyl groups excluding tert-OH is 1. The summed E-state index contributed by atoms with van der Waals surface area (Å²) >= 11 is 1.71. The summed E-state index contributed by atoms with van der Waals surface area (Å²) in [5, 5.41) is 12.1. The molecule has 0 aromatic heterocycles. The highest BCUT2D eigenvalue weighted by atomic mass is 32.2. The van der Waals surface area contributed by atoms with Gasteiger partial charge in [-0.1, -0.05) is 66.7 Å². The van der Waals surface area contributed by atoms with E-state index in [4.69, 9.17) is 9.47 Å². The van der Waals surface area contributed by atoms with Crippen molar-refractivity contribution in [2.24, 2.45) is 0 Å². The molecule has 3 aromatic carbocycles. The first-order chi connectivity index (χ1) is 20.7. The van der Waals surface area contributed by atoms with Crippen LogP contribution in [-0.4, -0.2) is 52.4 Å². The van der Waals surface area contributed by atoms with Crippen molar-refractivity contribution in [3.8, 4) is 0 Å². The number of nitrogens with one attached hydrogen (secondary N) is 1. The first kappa shape index (κ1) is 31.1. The molecule has 11 heteroatoms. The summed E-state index contributed by atoms with van der Waals surface area (Å²) in [5.74, 6) is -1.86. The van der Waals surface area contributed by atoms with Crippen LogP contribution in [0, 0.1) is 0 Å². The Morgan fingerprint density at radius 1 is 0.930 bits per heavy atom. The summed E-state index contributed by atoms with van der Waals surface area (Å²) in [6.07, 6.45) is -4.78. The normalized spacial score (nSPS) is 22.4. The summed E-state index contributed by atoms with van der Waals surface area (Å²) in [4.78, 5) is 26.1. The van der Waals surface area contributed by atoms with Gasteiger partial charge in [0.15, 0.2) is 6.29 Å². The van der Waals surface area contributed by atoms with Gasteiger partial charge < -0.3 is 24.8 Å². The summed E-state index contributed by atoms with van der Waals surface area (Å²) in [6.45, 7) is -0.0264. The second kappa shape index (κ2) is 13.9. The first-order valence-electron chi connectivity index (χ1n) is 14.1. The number of hydrogen-bond acceptors (Lipinski definition) is 6. The number of halogens is 3. The Morgan fingerprint density at radius 3 is 2.28 bits per heavy atom. The maximum absolute atomic E-state index is 12.9. The summed E-state index contributed by atoms with van der Waals surface area (Å²) in [7, 11) is 0. The predicted molar refractivity (Wildman–Crippen MR) is 155 cm³/mol. The number of nitrogens with zero attached hydrogens (tertiary/aromatic N) is 1. The number of likely N-dealkylation sites (tertiary alicyclic amines) is 1. The average molecular weight is 615 g/mol. The summed E-state index contributed by atoms with van der Waals surface area (Å²) in [5.41, 5.74) is 3.34. The molecule has 2 aliphatic rings. The van der Waals surface area contributed by atoms with E-state index >= 15 is 0 Å². The van der Waals surface area contributed by atoms with Crippen molar-refractivity contribution in [2.45, 2.75) is 68.0 Å². The van der Waals surface area contributed by atoms with Crippen molar-refractivity contribution in [3.05, 3.63) is 101 Å². The fraction of sp³-hybridized carbons (Fsp3) is 0.375. The Morgan fingerprint density at radius 2 is 1.60 bits per heavy atom. The van der Waals surface area contributed by atoms with Crippen LogP contribution in [0.2, 0.25) is 0 Å². The van der Waals surface area contributed by atoms with Gasteiger partial charge >= 0.3 is 12.1 Å². The molecule has 2 amide bonds. The Hall–Kier alpha value is -3.38. The minimum absolute atomic E-state index is 0.0364. The van der Waals surface area contributed by atoms with Crippen molar-refractivity contribution in [2.75, 3.05) is 12.3 Å². The molecule has 0 spiro atoms. The third-order valence-electron chi connectivity index (χ3n) is 7.57. The SMILES string of the molecule is O=C(NCc1ccc([C@H]2O[C@@H](CSc3ccccc3)C[C@@H](c3ccc(CO)cc3)O2)cc1)[C@@H]1CCCN1C(=O)C(F)(F)F. The van der Waals surface area contributed by atoms with Crippen LogP contribution in [0.5, 0.6) is 0 Å². The lowest BCUT2D eigenvalue weighted by atomic mass is 10.0. The smallest absolute Gasteiger partial charge is 0.392 e. The molecule has 4 atom stereocenters. The number of rotatable bonds is 9. The average Bonchev–Trinajstić information content (AvgIpc) is 3.52. The van der Waals surface area contributed by atoms with Gasteiger partial charge in [0.05, 0.1) is 18.8 Å². The third kappa shape index (κ3) is 7.97. The molecule has 0 unspecified atom stereocenters. The molecule has 0 bridgehead atoms. The highest BCUT2D eigenvalue weighted by Crippen LogP contribution is 2.39. The molecule has 2 saturated heterocycles. The zero-order valence-electron chi connectivity index (χ0n) is 23.3. The predicted octanol–water partition coefficient (Wildman–Crippen LogP) is 5.69. The van der Waals surface area contributed by atoms with Crippen LogP contribution < -0.4 is 5.32 Å². The fourth-order valence-electron chi connectivity index (χ4n) is 5.27. The number of carbonyl (C=O) groups excluding carboxylic acids is 2. The molecular formula is C32H33F3N2O5S. The molecule has 0 radical (unpaired) electrons. The Balaban J connectivity index is 1.23. The zero-order valence-corrected chi connectivity index (χ0v) is 24.2. The van der Waals surface area contributed by atoms with E-state index in [0.29, 0.717) is 17.7 Å². The van der Waals surface area contributed by atoms with E-state index in [1.807, 2.05) is 66.7 Å². The van der Waals surface area contributed by atoms with Crippen LogP contribution >= 0.6 is 11.8 Å². The van der Waals surface area contributed by atoms with E-state index in [1.54, 1.807) is 11.8 Å². The van der Waals surface area contributed by atoms with Crippen molar-refractivity contribution < 1.29 is 37.3 Å². The molecule has 2 aliphatic heterocycles. The van der Waals surface area contributed by atoms with Gasteiger partial charge in [0.2, 0.25) is 5.91 Å². The molecule has 3 aromatic rings. The molecule has 0 saturated carbocycles. The number of aliphatic hydroxyl groups is 1. The second-order valence-electron chi connectivity index (χ2n) is 10.6. The maximum atomic E-state index is 12.9. The highest BCUT2D eigenvalue weighted by Gasteiger charge is 2.47. The summed E-state index contributed by atoms with van der Waals surface area (Å²) < 4.78 is 51.5. The molecule has 2 heterocycles. The van der Waals surface area contributed by atoms with E-state index in [0.717, 1.165) is 32.9 Å². The van der Waals surface area contributed by atoms with Crippen LogP contribution in [0.15, 0.2) is 83.8 Å². The first-order valence-corrected chi connectivity index (χ1v) is 15.1. The van der Waals surface area contributed by atoms with Crippen LogP contribution in [0.3, 0.4) is 0 Å². The number of benzene rings is 3. The largest absolute Gasteiger partial charge is 0.471 e. The Bertz CT molecular complexity index is 1370. The number of amides is 2. The van der Waals surface area contributed by atoms with Gasteiger partial charge in [0.25, 0.3) is 0 Å². The number of ether oxygens (including phenoxy) is 2. The molecule has 43 heavy (non-hydrogen) atoms. The van der Waals surface area contributed by atoms with Crippen molar-refractivity contribution in [3.63, 3.8) is 0 Å². The van der Waals surface area contributed by atoms with Crippen LogP contribution in [0.1, 0.15) is 53.9 Å². The molecular weight excluding hydrogens is 581 g/mol. The lowest BCUT2D eigenvalue weighted by Crippen LogP contribution is -2.50. The molecule has 5 rings (SSSR count). The number of alkyl halides is 3. The monoisotopic (exact) mass is 614 g/mol. The minimum Gasteiger partial charge on any atom is -0.392 e. The second-order valence-corrected chi connectivity index (χ2v) is 11.7. The summed E-state index contributed by atoms with van der Waals surface area (Å²) in [6, 6.07) is 23.9. The van der Waals surface area contributed by atoms with Crippen molar-refractivity contribution in [1.82, 2.24) is 10.2 Å². The lowest BCUT2D eigenvalue weighted by Gasteiger charge is -2.36. The van der Waals surface area contributed by atoms with Crippen LogP contribution in [0.25, 0.3) is 0 Å². The lowest BCUT2D eigenvalue weighted by molar-refractivity contribution is -0.245. The van der Waals surface area contributed by atoms with Crippen LogP contribution in [-0.2, 0) is 32.2 Å². The van der Waals surface area contributed by atoms with Crippen molar-refractivity contribution >= 4 is 23.6 Å². The quantitative estimate of drug-likeness (QED) is 0.302. The van der Waals surface area contributed by atoms with E-state index in [1.165, 1.54) is 0 Å². The van der Waals surface area contributed by atoms with Crippen molar-refractivity contribution in [1.29, 1.82) is 0 Å². The van der Waals surface area contributed by atoms with Gasteiger partial charge in [-0.2, -0.15) is 13.2 Å². The number of hydrogen-bond donors (Lipinski definition) is 2. The third-order valence-corrected chi connectivity index (χ3v) is 8.72. The Labute approximate surface area is 252 Å². The number of thioether (sulfide) groups is 1. The Kier molecular flexibility index (Phi) is 10.1. The van der Waals surface area contributed by atoms with Gasteiger partial charge in [-0.25, -0.2) is 0 Å². The van der Waals surface area contributed by atoms with Gasteiger partial charge in [-0.15, -0.1) is 11.8 Å². The zero-order chi connectivity index (χ0) is 30.4. The van der Waals surface area contributed by atoms with Gasteiger partial charge in [0, 0.05) is 35.7 Å². The fourth-order valence-corrected chi connectivity index (χ4v) is 6.22. The van der Waals surface area contributed by atoms with Gasteiger partial charge in [-0.05, 0) is 41.7 Å². The molecule has 0 aliphatic carbocycles. The number of carbonyl (C=O) groups is 2. The van der Waals surface area contributed by atoms with Gasteiger partial charge in [-0.3, -0.25) is 9.59 Å².